The molecule has 2 aromatic rings. The van der Waals surface area contributed by atoms with Gasteiger partial charge in [0.15, 0.2) is 5.82 Å². The van der Waals surface area contributed by atoms with E-state index < -0.39 is 0 Å². The zero-order chi connectivity index (χ0) is 24.4. The minimum absolute atomic E-state index is 0.0335. The van der Waals surface area contributed by atoms with Gasteiger partial charge < -0.3 is 19.7 Å². The Kier molecular flexibility index (Phi) is 6.88. The summed E-state index contributed by atoms with van der Waals surface area (Å²) in [5, 5.41) is 3.09. The van der Waals surface area contributed by atoms with E-state index >= 15 is 0 Å². The van der Waals surface area contributed by atoms with Crippen molar-refractivity contribution in [3.8, 4) is 0 Å². The highest BCUT2D eigenvalue weighted by atomic mass is 16.2. The molecule has 1 N–H and O–H groups in total. The Labute approximate surface area is 206 Å². The molecule has 3 atom stereocenters. The molecule has 1 aromatic carbocycles. The molecule has 186 valence electrons. The van der Waals surface area contributed by atoms with Crippen LogP contribution in [-0.4, -0.2) is 62.7 Å². The van der Waals surface area contributed by atoms with Crippen LogP contribution in [0.1, 0.15) is 60.3 Å². The molecule has 3 aliphatic rings. The number of fused-ring (bicyclic) bond motifs is 2. The molecule has 5 rings (SSSR count). The van der Waals surface area contributed by atoms with E-state index in [0.29, 0.717) is 44.8 Å². The van der Waals surface area contributed by atoms with Crippen molar-refractivity contribution < 1.29 is 14.4 Å². The van der Waals surface area contributed by atoms with Crippen LogP contribution < -0.4 is 5.32 Å². The summed E-state index contributed by atoms with van der Waals surface area (Å²) in [6.45, 7) is 2.54. The van der Waals surface area contributed by atoms with Gasteiger partial charge in [0.25, 0.3) is 5.91 Å². The Bertz CT molecular complexity index is 1100. The maximum Gasteiger partial charge on any atom is 0.290 e. The average molecular weight is 478 g/mol. The lowest BCUT2D eigenvalue weighted by atomic mass is 9.97. The minimum Gasteiger partial charge on any atom is -0.356 e. The smallest absolute Gasteiger partial charge is 0.290 e. The molecule has 1 aliphatic carbocycles. The number of hydrogen-bond donors (Lipinski definition) is 1. The number of rotatable bonds is 2. The van der Waals surface area contributed by atoms with E-state index in [1.54, 1.807) is 17.0 Å². The van der Waals surface area contributed by atoms with Gasteiger partial charge in [0.05, 0.1) is 5.92 Å². The van der Waals surface area contributed by atoms with Crippen LogP contribution in [0.25, 0.3) is 0 Å². The number of aryl methyl sites for hydroxylation is 1. The average Bonchev–Trinajstić information content (AvgIpc) is 3.50. The SMILES string of the molecule is Cn1ccnc1C(=O)N1CCCCCCNC(=O)C2CC(C(=O)N3CCc4ccccc4C3)CC21. The molecule has 1 aromatic heterocycles. The highest BCUT2D eigenvalue weighted by Gasteiger charge is 2.47. The normalized spacial score (nSPS) is 25.3. The number of carbonyl (C=O) groups is 3. The third kappa shape index (κ3) is 4.83. The van der Waals surface area contributed by atoms with Crippen LogP contribution in [-0.2, 0) is 29.6 Å². The number of carbonyl (C=O) groups excluding carboxylic acids is 3. The van der Waals surface area contributed by atoms with Gasteiger partial charge in [0.2, 0.25) is 11.8 Å². The largest absolute Gasteiger partial charge is 0.356 e. The quantitative estimate of drug-likeness (QED) is 0.720. The fourth-order valence-electron chi connectivity index (χ4n) is 6.01. The van der Waals surface area contributed by atoms with Crippen molar-refractivity contribution in [3.63, 3.8) is 0 Å². The lowest BCUT2D eigenvalue weighted by Crippen LogP contribution is -2.48. The van der Waals surface area contributed by atoms with E-state index in [1.807, 2.05) is 29.0 Å². The van der Waals surface area contributed by atoms with E-state index in [4.69, 9.17) is 0 Å². The molecule has 0 bridgehead atoms. The van der Waals surface area contributed by atoms with E-state index in [2.05, 4.69) is 22.4 Å². The van der Waals surface area contributed by atoms with Gasteiger partial charge in [-0.1, -0.05) is 37.1 Å². The van der Waals surface area contributed by atoms with Crippen LogP contribution >= 0.6 is 0 Å². The number of nitrogens with one attached hydrogen (secondary N) is 1. The summed E-state index contributed by atoms with van der Waals surface area (Å²) in [7, 11) is 1.81. The summed E-state index contributed by atoms with van der Waals surface area (Å²) in [6.07, 6.45) is 9.10. The molecule has 1 saturated carbocycles. The van der Waals surface area contributed by atoms with Crippen molar-refractivity contribution in [3.05, 3.63) is 53.6 Å². The topological polar surface area (TPSA) is 87.5 Å². The monoisotopic (exact) mass is 477 g/mol. The fraction of sp³-hybridized carbons (Fsp3) is 0.556. The Balaban J connectivity index is 1.39. The highest BCUT2D eigenvalue weighted by Crippen LogP contribution is 2.38. The summed E-state index contributed by atoms with van der Waals surface area (Å²) >= 11 is 0. The van der Waals surface area contributed by atoms with Crippen LogP contribution in [0.2, 0.25) is 0 Å². The molecule has 3 amide bonds. The molecule has 8 nitrogen and oxygen atoms in total. The molecular formula is C27H35N5O3. The van der Waals surface area contributed by atoms with E-state index in [1.165, 1.54) is 11.1 Å². The van der Waals surface area contributed by atoms with Gasteiger partial charge in [-0.2, -0.15) is 0 Å². The second-order valence-electron chi connectivity index (χ2n) is 10.2. The zero-order valence-electron chi connectivity index (χ0n) is 20.5. The number of benzene rings is 1. The van der Waals surface area contributed by atoms with Crippen molar-refractivity contribution in [2.75, 3.05) is 19.6 Å². The van der Waals surface area contributed by atoms with Crippen LogP contribution in [0.15, 0.2) is 36.7 Å². The van der Waals surface area contributed by atoms with Crippen molar-refractivity contribution in [1.29, 1.82) is 0 Å². The van der Waals surface area contributed by atoms with E-state index in [-0.39, 0.29) is 35.6 Å². The number of imidazole rings is 1. The van der Waals surface area contributed by atoms with Crippen molar-refractivity contribution >= 4 is 17.7 Å². The van der Waals surface area contributed by atoms with Gasteiger partial charge in [-0.3, -0.25) is 14.4 Å². The lowest BCUT2D eigenvalue weighted by Gasteiger charge is -2.33. The first-order valence-corrected chi connectivity index (χ1v) is 12.9. The number of hydrogen-bond acceptors (Lipinski definition) is 4. The first kappa shape index (κ1) is 23.6. The predicted octanol–water partition coefficient (Wildman–Crippen LogP) is 2.53. The Morgan fingerprint density at radius 2 is 1.83 bits per heavy atom. The van der Waals surface area contributed by atoms with Gasteiger partial charge in [-0.05, 0) is 43.2 Å². The molecule has 1 saturated heterocycles. The lowest BCUT2D eigenvalue weighted by molar-refractivity contribution is -0.136. The molecule has 3 heterocycles. The second kappa shape index (κ2) is 10.2. The first-order chi connectivity index (χ1) is 17.0. The summed E-state index contributed by atoms with van der Waals surface area (Å²) in [4.78, 5) is 48.6. The molecule has 0 radical (unpaired) electrons. The van der Waals surface area contributed by atoms with Crippen LogP contribution in [0, 0.1) is 11.8 Å². The highest BCUT2D eigenvalue weighted by molar-refractivity contribution is 5.92. The maximum absolute atomic E-state index is 13.7. The van der Waals surface area contributed by atoms with Gasteiger partial charge in [-0.15, -0.1) is 0 Å². The van der Waals surface area contributed by atoms with Crippen molar-refractivity contribution in [2.45, 2.75) is 57.5 Å². The molecular weight excluding hydrogens is 442 g/mol. The third-order valence-electron chi connectivity index (χ3n) is 7.96. The number of nitrogens with zero attached hydrogens (tertiary/aromatic N) is 4. The van der Waals surface area contributed by atoms with Gasteiger partial charge >= 0.3 is 0 Å². The van der Waals surface area contributed by atoms with Crippen molar-refractivity contribution in [2.24, 2.45) is 18.9 Å². The second-order valence-corrected chi connectivity index (χ2v) is 10.2. The van der Waals surface area contributed by atoms with Crippen LogP contribution in [0.4, 0.5) is 0 Å². The molecule has 2 aliphatic heterocycles. The third-order valence-corrected chi connectivity index (χ3v) is 7.96. The van der Waals surface area contributed by atoms with E-state index in [0.717, 1.165) is 32.1 Å². The Hall–Kier alpha value is -3.16. The summed E-state index contributed by atoms with van der Waals surface area (Å²) in [6, 6.07) is 7.98. The first-order valence-electron chi connectivity index (χ1n) is 12.9. The van der Waals surface area contributed by atoms with Gasteiger partial charge in [-0.25, -0.2) is 4.98 Å². The standard InChI is InChI=1S/C27H35N5O3/c1-30-15-12-28-24(30)27(35)32-13-7-3-2-6-11-29-25(33)22-16-21(17-23(22)32)26(34)31-14-10-19-8-4-5-9-20(19)18-31/h4-5,8-9,12,15,21-23H,2-3,6-7,10-11,13-14,16-18H2,1H3,(H,29,33). The Morgan fingerprint density at radius 3 is 2.63 bits per heavy atom. The summed E-state index contributed by atoms with van der Waals surface area (Å²) in [5.74, 6) is -0.352. The summed E-state index contributed by atoms with van der Waals surface area (Å²) in [5.41, 5.74) is 2.50. The van der Waals surface area contributed by atoms with Gasteiger partial charge in [0, 0.05) is 57.6 Å². The molecule has 0 spiro atoms. The van der Waals surface area contributed by atoms with Crippen LogP contribution in [0.5, 0.6) is 0 Å². The summed E-state index contributed by atoms with van der Waals surface area (Å²) < 4.78 is 1.73. The predicted molar refractivity (Wildman–Crippen MR) is 131 cm³/mol. The molecule has 8 heteroatoms. The molecule has 3 unspecified atom stereocenters. The number of amides is 3. The maximum atomic E-state index is 13.7. The van der Waals surface area contributed by atoms with Crippen LogP contribution in [0.3, 0.4) is 0 Å². The number of aromatic nitrogens is 2. The fourth-order valence-corrected chi connectivity index (χ4v) is 6.01. The minimum atomic E-state index is -0.386. The zero-order valence-corrected chi connectivity index (χ0v) is 20.5. The van der Waals surface area contributed by atoms with Gasteiger partial charge in [0.1, 0.15) is 0 Å². The van der Waals surface area contributed by atoms with Crippen molar-refractivity contribution in [1.82, 2.24) is 24.7 Å². The molecule has 2 fully saturated rings. The van der Waals surface area contributed by atoms with E-state index in [9.17, 15) is 14.4 Å². The molecule has 35 heavy (non-hydrogen) atoms. The Morgan fingerprint density at radius 1 is 1.03 bits per heavy atom.